The molecule has 0 unspecified atom stereocenters. The Labute approximate surface area is 73.3 Å². The van der Waals surface area contributed by atoms with Crippen molar-refractivity contribution in [2.24, 2.45) is 0 Å². The van der Waals surface area contributed by atoms with E-state index in [0.29, 0.717) is 0 Å². The minimum Gasteiger partial charge on any atom is -0.390 e. The first-order valence-corrected chi connectivity index (χ1v) is 4.41. The molecule has 0 fully saturated rings. The lowest BCUT2D eigenvalue weighted by atomic mass is 10.1. The summed E-state index contributed by atoms with van der Waals surface area (Å²) in [7, 11) is 0. The van der Waals surface area contributed by atoms with Crippen molar-refractivity contribution in [3.63, 3.8) is 0 Å². The quantitative estimate of drug-likeness (QED) is 0.739. The zero-order valence-electron chi connectivity index (χ0n) is 7.45. The highest BCUT2D eigenvalue weighted by molar-refractivity contribution is 5.13. The molecule has 0 aromatic carbocycles. The molecule has 0 saturated carbocycles. The molecule has 1 heterocycles. The van der Waals surface area contributed by atoms with Crippen molar-refractivity contribution in [1.82, 2.24) is 4.98 Å². The Morgan fingerprint density at radius 2 is 2.25 bits per heavy atom. The Balaban J connectivity index is 2.53. The van der Waals surface area contributed by atoms with Crippen molar-refractivity contribution in [3.05, 3.63) is 29.6 Å². The van der Waals surface area contributed by atoms with E-state index in [-0.39, 0.29) is 6.61 Å². The first-order valence-electron chi connectivity index (χ1n) is 4.41. The minimum absolute atomic E-state index is 0.0358. The molecule has 1 N–H and O–H groups in total. The summed E-state index contributed by atoms with van der Waals surface area (Å²) in [6.07, 6.45) is 5.36. The van der Waals surface area contributed by atoms with Crippen molar-refractivity contribution in [3.8, 4) is 0 Å². The third kappa shape index (κ3) is 2.62. The highest BCUT2D eigenvalue weighted by atomic mass is 16.3. The molecule has 0 saturated heterocycles. The smallest absolute Gasteiger partial charge is 0.0852 e. The van der Waals surface area contributed by atoms with Gasteiger partial charge in [0.15, 0.2) is 0 Å². The number of pyridine rings is 1. The van der Waals surface area contributed by atoms with Crippen LogP contribution in [0.3, 0.4) is 0 Å². The lowest BCUT2D eigenvalue weighted by Crippen LogP contribution is -1.91. The number of hydrogen-bond donors (Lipinski definition) is 1. The molecule has 0 aliphatic carbocycles. The van der Waals surface area contributed by atoms with Crippen LogP contribution in [0.5, 0.6) is 0 Å². The third-order valence-electron chi connectivity index (χ3n) is 1.87. The van der Waals surface area contributed by atoms with Crippen LogP contribution >= 0.6 is 0 Å². The van der Waals surface area contributed by atoms with Crippen LogP contribution in [0, 0.1) is 0 Å². The van der Waals surface area contributed by atoms with E-state index in [1.165, 1.54) is 18.4 Å². The van der Waals surface area contributed by atoms with E-state index in [1.54, 1.807) is 0 Å². The maximum Gasteiger partial charge on any atom is 0.0852 e. The van der Waals surface area contributed by atoms with Gasteiger partial charge in [-0.2, -0.15) is 0 Å². The van der Waals surface area contributed by atoms with Gasteiger partial charge in [-0.1, -0.05) is 19.4 Å². The fourth-order valence-corrected chi connectivity index (χ4v) is 1.08. The second-order valence-corrected chi connectivity index (χ2v) is 2.92. The highest BCUT2D eigenvalue weighted by Gasteiger charge is 1.93. The second kappa shape index (κ2) is 4.88. The van der Waals surface area contributed by atoms with E-state index < -0.39 is 0 Å². The molecule has 0 spiro atoms. The zero-order valence-corrected chi connectivity index (χ0v) is 7.45. The molecule has 2 nitrogen and oxygen atoms in total. The first kappa shape index (κ1) is 9.20. The molecule has 0 radical (unpaired) electrons. The fraction of sp³-hybridized carbons (Fsp3) is 0.500. The Morgan fingerprint density at radius 3 is 2.75 bits per heavy atom. The maximum atomic E-state index is 8.74. The van der Waals surface area contributed by atoms with Crippen LogP contribution in [-0.4, -0.2) is 10.1 Å². The molecule has 0 aliphatic rings. The van der Waals surface area contributed by atoms with Crippen molar-refractivity contribution in [2.45, 2.75) is 32.8 Å². The molecule has 0 aliphatic heterocycles. The van der Waals surface area contributed by atoms with E-state index in [9.17, 15) is 0 Å². The number of aliphatic hydroxyl groups is 1. The van der Waals surface area contributed by atoms with Crippen molar-refractivity contribution in [1.29, 1.82) is 0 Å². The van der Waals surface area contributed by atoms with Crippen LogP contribution < -0.4 is 0 Å². The Bertz CT molecular complexity index is 218. The molecule has 12 heavy (non-hydrogen) atoms. The summed E-state index contributed by atoms with van der Waals surface area (Å²) in [4.78, 5) is 4.10. The van der Waals surface area contributed by atoms with Gasteiger partial charge in [0, 0.05) is 6.20 Å². The third-order valence-corrected chi connectivity index (χ3v) is 1.87. The summed E-state index contributed by atoms with van der Waals surface area (Å²) in [6.45, 7) is 2.21. The average molecular weight is 165 g/mol. The van der Waals surface area contributed by atoms with Gasteiger partial charge in [0.1, 0.15) is 0 Å². The predicted octanol–water partition coefficient (Wildman–Crippen LogP) is 1.92. The van der Waals surface area contributed by atoms with Gasteiger partial charge >= 0.3 is 0 Å². The standard InChI is InChI=1S/C10H15NO/c1-2-3-4-9-5-6-10(8-12)11-7-9/h5-7,12H,2-4,8H2,1H3. The fourth-order valence-electron chi connectivity index (χ4n) is 1.08. The molecule has 1 aromatic rings. The van der Waals surface area contributed by atoms with Gasteiger partial charge in [0.05, 0.1) is 12.3 Å². The van der Waals surface area contributed by atoms with Crippen LogP contribution in [0.4, 0.5) is 0 Å². The monoisotopic (exact) mass is 165 g/mol. The second-order valence-electron chi connectivity index (χ2n) is 2.92. The molecule has 0 bridgehead atoms. The lowest BCUT2D eigenvalue weighted by molar-refractivity contribution is 0.277. The molecule has 1 rings (SSSR count). The van der Waals surface area contributed by atoms with E-state index in [2.05, 4.69) is 11.9 Å². The van der Waals surface area contributed by atoms with Crippen molar-refractivity contribution in [2.75, 3.05) is 0 Å². The number of aliphatic hydroxyl groups excluding tert-OH is 1. The molecular weight excluding hydrogens is 150 g/mol. The number of rotatable bonds is 4. The van der Waals surface area contributed by atoms with Gasteiger partial charge in [-0.3, -0.25) is 4.98 Å². The van der Waals surface area contributed by atoms with Crippen LogP contribution in [0.15, 0.2) is 18.3 Å². The van der Waals surface area contributed by atoms with Gasteiger partial charge in [0.25, 0.3) is 0 Å². The number of aromatic nitrogens is 1. The Morgan fingerprint density at radius 1 is 1.42 bits per heavy atom. The van der Waals surface area contributed by atoms with Crippen molar-refractivity contribution < 1.29 is 5.11 Å². The highest BCUT2D eigenvalue weighted by Crippen LogP contribution is 2.04. The molecule has 0 amide bonds. The summed E-state index contributed by atoms with van der Waals surface area (Å²) < 4.78 is 0. The number of hydrogen-bond acceptors (Lipinski definition) is 2. The van der Waals surface area contributed by atoms with E-state index in [4.69, 9.17) is 5.11 Å². The van der Waals surface area contributed by atoms with Crippen LogP contribution in [0.2, 0.25) is 0 Å². The SMILES string of the molecule is CCCCc1ccc(CO)nc1. The molecule has 66 valence electrons. The molecule has 0 atom stereocenters. The lowest BCUT2D eigenvalue weighted by Gasteiger charge is -1.99. The summed E-state index contributed by atoms with van der Waals surface area (Å²) in [5.74, 6) is 0. The zero-order chi connectivity index (χ0) is 8.81. The summed E-state index contributed by atoms with van der Waals surface area (Å²) in [5, 5.41) is 8.74. The van der Waals surface area contributed by atoms with Gasteiger partial charge in [-0.25, -0.2) is 0 Å². The number of aryl methyl sites for hydroxylation is 1. The van der Waals surface area contributed by atoms with Gasteiger partial charge < -0.3 is 5.11 Å². The summed E-state index contributed by atoms with van der Waals surface area (Å²) in [5.41, 5.74) is 2.00. The van der Waals surface area contributed by atoms with Crippen molar-refractivity contribution >= 4 is 0 Å². The number of unbranched alkanes of at least 4 members (excludes halogenated alkanes) is 1. The average Bonchev–Trinajstić information content (AvgIpc) is 2.15. The van der Waals surface area contributed by atoms with Crippen LogP contribution in [0.1, 0.15) is 31.0 Å². The van der Waals surface area contributed by atoms with Crippen LogP contribution in [-0.2, 0) is 13.0 Å². The normalized spacial score (nSPS) is 10.2. The van der Waals surface area contributed by atoms with Crippen LogP contribution in [0.25, 0.3) is 0 Å². The minimum atomic E-state index is 0.0358. The van der Waals surface area contributed by atoms with E-state index >= 15 is 0 Å². The Kier molecular flexibility index (Phi) is 3.74. The van der Waals surface area contributed by atoms with E-state index in [1.807, 2.05) is 18.3 Å². The Hall–Kier alpha value is -0.890. The first-order chi connectivity index (χ1) is 5.86. The summed E-state index contributed by atoms with van der Waals surface area (Å²) >= 11 is 0. The summed E-state index contributed by atoms with van der Waals surface area (Å²) in [6, 6.07) is 3.92. The largest absolute Gasteiger partial charge is 0.390 e. The van der Waals surface area contributed by atoms with Gasteiger partial charge in [-0.15, -0.1) is 0 Å². The van der Waals surface area contributed by atoms with Gasteiger partial charge in [0.2, 0.25) is 0 Å². The van der Waals surface area contributed by atoms with Gasteiger partial charge in [-0.05, 0) is 24.5 Å². The maximum absolute atomic E-state index is 8.74. The molecular formula is C10H15NO. The number of nitrogens with zero attached hydrogens (tertiary/aromatic N) is 1. The molecule has 1 aromatic heterocycles. The molecule has 2 heteroatoms. The van der Waals surface area contributed by atoms with E-state index in [0.717, 1.165) is 12.1 Å². The topological polar surface area (TPSA) is 33.1 Å². The predicted molar refractivity (Wildman–Crippen MR) is 48.8 cm³/mol.